The van der Waals surface area contributed by atoms with Crippen LogP contribution >= 0.6 is 0 Å². The summed E-state index contributed by atoms with van der Waals surface area (Å²) in [6.07, 6.45) is 0.744. The molecule has 2 N–H and O–H groups in total. The van der Waals surface area contributed by atoms with Crippen molar-refractivity contribution in [2.75, 3.05) is 0 Å². The Labute approximate surface area is 106 Å². The maximum atomic E-state index is 13.6. The van der Waals surface area contributed by atoms with Crippen molar-refractivity contribution in [3.63, 3.8) is 0 Å². The monoisotopic (exact) mass is 273 g/mol. The second-order valence-corrected chi connectivity index (χ2v) is 6.97. The fraction of sp³-hybridized carbons (Fsp3) is 0.500. The highest BCUT2D eigenvalue weighted by Gasteiger charge is 2.48. The molecule has 1 fully saturated rings. The summed E-state index contributed by atoms with van der Waals surface area (Å²) >= 11 is 0. The van der Waals surface area contributed by atoms with Gasteiger partial charge in [-0.05, 0) is 29.5 Å². The zero-order valence-electron chi connectivity index (χ0n) is 10.3. The van der Waals surface area contributed by atoms with Crippen LogP contribution in [-0.4, -0.2) is 19.6 Å². The minimum atomic E-state index is -3.87. The molecule has 6 heteroatoms. The number of aliphatic hydroxyl groups excluding tert-OH is 1. The Kier molecular flexibility index (Phi) is 3.21. The number of hydrogen-bond donors (Lipinski definition) is 2. The van der Waals surface area contributed by atoms with Crippen molar-refractivity contribution in [2.24, 2.45) is 5.41 Å². The summed E-state index contributed by atoms with van der Waals surface area (Å²) in [5, 5.41) is 8.96. The second kappa shape index (κ2) is 4.29. The number of rotatable bonds is 4. The largest absolute Gasteiger partial charge is 0.392 e. The Morgan fingerprint density at radius 2 is 2.11 bits per heavy atom. The first-order valence-electron chi connectivity index (χ1n) is 5.68. The number of aliphatic hydroxyl groups is 1. The lowest BCUT2D eigenvalue weighted by atomic mass is 10.2. The zero-order valence-corrected chi connectivity index (χ0v) is 11.1. The average molecular weight is 273 g/mol. The third kappa shape index (κ3) is 2.55. The van der Waals surface area contributed by atoms with Crippen LogP contribution in [0.1, 0.15) is 25.8 Å². The summed E-state index contributed by atoms with van der Waals surface area (Å²) in [6.45, 7) is 3.57. The van der Waals surface area contributed by atoms with Gasteiger partial charge in [0, 0.05) is 6.04 Å². The van der Waals surface area contributed by atoms with Crippen LogP contribution in [0, 0.1) is 11.2 Å². The number of nitrogens with one attached hydrogen (secondary N) is 1. The van der Waals surface area contributed by atoms with Crippen molar-refractivity contribution in [3.05, 3.63) is 29.6 Å². The Hall–Kier alpha value is -0.980. The van der Waals surface area contributed by atoms with Gasteiger partial charge in [0.15, 0.2) is 0 Å². The smallest absolute Gasteiger partial charge is 0.243 e. The van der Waals surface area contributed by atoms with E-state index in [0.717, 1.165) is 18.6 Å². The Balaban J connectivity index is 2.29. The maximum Gasteiger partial charge on any atom is 0.243 e. The van der Waals surface area contributed by atoms with Crippen LogP contribution in [0.4, 0.5) is 4.39 Å². The van der Waals surface area contributed by atoms with Crippen LogP contribution in [0.2, 0.25) is 0 Å². The lowest BCUT2D eigenvalue weighted by molar-refractivity contribution is 0.281. The van der Waals surface area contributed by atoms with Crippen molar-refractivity contribution in [3.8, 4) is 0 Å². The van der Waals surface area contributed by atoms with Crippen molar-refractivity contribution < 1.29 is 17.9 Å². The maximum absolute atomic E-state index is 13.6. The van der Waals surface area contributed by atoms with Gasteiger partial charge in [-0.3, -0.25) is 0 Å². The van der Waals surface area contributed by atoms with Gasteiger partial charge >= 0.3 is 0 Å². The highest BCUT2D eigenvalue weighted by molar-refractivity contribution is 7.89. The van der Waals surface area contributed by atoms with E-state index in [-0.39, 0.29) is 18.1 Å². The molecule has 0 bridgehead atoms. The van der Waals surface area contributed by atoms with Crippen molar-refractivity contribution >= 4 is 10.0 Å². The first-order chi connectivity index (χ1) is 8.26. The van der Waals surface area contributed by atoms with E-state index >= 15 is 0 Å². The molecular weight excluding hydrogens is 257 g/mol. The molecule has 0 radical (unpaired) electrons. The molecule has 4 nitrogen and oxygen atoms in total. The van der Waals surface area contributed by atoms with Gasteiger partial charge in [-0.1, -0.05) is 19.9 Å². The second-order valence-electron chi connectivity index (χ2n) is 5.29. The molecule has 1 saturated carbocycles. The average Bonchev–Trinajstić information content (AvgIpc) is 2.85. The van der Waals surface area contributed by atoms with E-state index in [1.54, 1.807) is 0 Å². The first-order valence-corrected chi connectivity index (χ1v) is 7.16. The van der Waals surface area contributed by atoms with Gasteiger partial charge in [-0.15, -0.1) is 0 Å². The molecule has 2 rings (SSSR count). The topological polar surface area (TPSA) is 66.4 Å². The summed E-state index contributed by atoms with van der Waals surface area (Å²) in [6, 6.07) is 3.42. The zero-order chi connectivity index (χ0) is 13.6. The van der Waals surface area contributed by atoms with Crippen LogP contribution in [0.3, 0.4) is 0 Å². The van der Waals surface area contributed by atoms with Crippen LogP contribution in [-0.2, 0) is 16.6 Å². The van der Waals surface area contributed by atoms with E-state index < -0.39 is 20.7 Å². The van der Waals surface area contributed by atoms with Gasteiger partial charge < -0.3 is 5.11 Å². The lowest BCUT2D eigenvalue weighted by Gasteiger charge is -2.10. The van der Waals surface area contributed by atoms with E-state index in [2.05, 4.69) is 4.72 Å². The summed E-state index contributed by atoms with van der Waals surface area (Å²) in [5.74, 6) is -0.807. The SMILES string of the molecule is CC1(C)CC1NS(=O)(=O)c1cc(CO)ccc1F. The molecule has 0 aliphatic heterocycles. The summed E-state index contributed by atoms with van der Waals surface area (Å²) < 4.78 is 40.1. The van der Waals surface area contributed by atoms with Gasteiger partial charge in [0.1, 0.15) is 10.7 Å². The summed E-state index contributed by atoms with van der Waals surface area (Å²) in [4.78, 5) is -0.406. The molecule has 1 unspecified atom stereocenters. The van der Waals surface area contributed by atoms with Crippen LogP contribution in [0.25, 0.3) is 0 Å². The van der Waals surface area contributed by atoms with Crippen molar-refractivity contribution in [1.82, 2.24) is 4.72 Å². The van der Waals surface area contributed by atoms with Crippen LogP contribution in [0.5, 0.6) is 0 Å². The van der Waals surface area contributed by atoms with E-state index in [9.17, 15) is 12.8 Å². The predicted octanol–water partition coefficient (Wildman–Crippen LogP) is 1.39. The van der Waals surface area contributed by atoms with Crippen molar-refractivity contribution in [1.29, 1.82) is 0 Å². The standard InChI is InChI=1S/C12H16FNO3S/c1-12(2)6-11(12)14-18(16,17)10-5-8(7-15)3-4-9(10)13/h3-5,11,14-15H,6-7H2,1-2H3. The third-order valence-corrected chi connectivity index (χ3v) is 4.77. The molecule has 18 heavy (non-hydrogen) atoms. The Bertz CT molecular complexity index is 569. The summed E-state index contributed by atoms with van der Waals surface area (Å²) in [5.41, 5.74) is 0.296. The molecule has 1 aromatic carbocycles. The summed E-state index contributed by atoms with van der Waals surface area (Å²) in [7, 11) is -3.87. The Morgan fingerprint density at radius 1 is 1.50 bits per heavy atom. The van der Waals surface area contributed by atoms with Gasteiger partial charge in [0.05, 0.1) is 6.61 Å². The first kappa shape index (κ1) is 13.5. The molecule has 0 aromatic heterocycles. The highest BCUT2D eigenvalue weighted by atomic mass is 32.2. The van der Waals surface area contributed by atoms with Gasteiger partial charge in [0.2, 0.25) is 10.0 Å². The van der Waals surface area contributed by atoms with E-state index in [1.165, 1.54) is 6.07 Å². The molecule has 1 aromatic rings. The van der Waals surface area contributed by atoms with E-state index in [1.807, 2.05) is 13.8 Å². The normalized spacial score (nSPS) is 21.9. The van der Waals surface area contributed by atoms with Crippen LogP contribution in [0.15, 0.2) is 23.1 Å². The minimum Gasteiger partial charge on any atom is -0.392 e. The number of hydrogen-bond acceptors (Lipinski definition) is 3. The molecule has 1 atom stereocenters. The molecular formula is C12H16FNO3S. The third-order valence-electron chi connectivity index (χ3n) is 3.28. The molecule has 0 saturated heterocycles. The number of halogens is 1. The molecule has 1 aliphatic rings. The lowest BCUT2D eigenvalue weighted by Crippen LogP contribution is -2.29. The number of sulfonamides is 1. The number of benzene rings is 1. The molecule has 0 spiro atoms. The van der Waals surface area contributed by atoms with Crippen molar-refractivity contribution in [2.45, 2.75) is 37.8 Å². The van der Waals surface area contributed by atoms with Gasteiger partial charge in [-0.25, -0.2) is 17.5 Å². The van der Waals surface area contributed by atoms with Gasteiger partial charge in [0.25, 0.3) is 0 Å². The minimum absolute atomic E-state index is 0.0713. The van der Waals surface area contributed by atoms with Gasteiger partial charge in [-0.2, -0.15) is 0 Å². The highest BCUT2D eigenvalue weighted by Crippen LogP contribution is 2.45. The molecule has 1 aliphatic carbocycles. The predicted molar refractivity (Wildman–Crippen MR) is 64.8 cm³/mol. The fourth-order valence-electron chi connectivity index (χ4n) is 1.77. The Morgan fingerprint density at radius 3 is 2.61 bits per heavy atom. The van der Waals surface area contributed by atoms with E-state index in [0.29, 0.717) is 5.56 Å². The molecule has 100 valence electrons. The van der Waals surface area contributed by atoms with Crippen LogP contribution < -0.4 is 4.72 Å². The molecule has 0 amide bonds. The van der Waals surface area contributed by atoms with E-state index in [4.69, 9.17) is 5.11 Å². The molecule has 0 heterocycles. The quantitative estimate of drug-likeness (QED) is 0.871. The fourth-order valence-corrected chi connectivity index (χ4v) is 3.31.